The lowest BCUT2D eigenvalue weighted by Crippen LogP contribution is -2.26. The zero-order valence-corrected chi connectivity index (χ0v) is 21.0. The Morgan fingerprint density at radius 2 is 1.73 bits per heavy atom. The van der Waals surface area contributed by atoms with E-state index in [4.69, 9.17) is 16.3 Å². The number of ether oxygens (including phenoxy) is 1. The minimum atomic E-state index is -0.468. The maximum absolute atomic E-state index is 13.0. The van der Waals surface area contributed by atoms with Gasteiger partial charge in [0.05, 0.1) is 17.8 Å². The molecule has 0 aliphatic heterocycles. The van der Waals surface area contributed by atoms with Gasteiger partial charge in [0.25, 0.3) is 11.8 Å². The van der Waals surface area contributed by atoms with Crippen LogP contribution in [0.15, 0.2) is 84.0 Å². The summed E-state index contributed by atoms with van der Waals surface area (Å²) in [7, 11) is 0. The molecule has 4 rings (SSSR count). The van der Waals surface area contributed by atoms with Crippen molar-refractivity contribution in [2.45, 2.75) is 13.3 Å². The molecule has 4 aromatic rings. The zero-order valence-electron chi connectivity index (χ0n) is 20.2. The van der Waals surface area contributed by atoms with Crippen LogP contribution < -0.4 is 15.5 Å². The van der Waals surface area contributed by atoms with E-state index in [1.54, 1.807) is 12.1 Å². The van der Waals surface area contributed by atoms with Crippen molar-refractivity contribution >= 4 is 40.4 Å². The van der Waals surface area contributed by atoms with Crippen molar-refractivity contribution in [2.75, 3.05) is 13.2 Å². The first-order valence-electron chi connectivity index (χ1n) is 11.8. The molecular formula is C29H26ClN3O4. The molecule has 0 saturated heterocycles. The Labute approximate surface area is 219 Å². The molecule has 3 N–H and O–H groups in total. The van der Waals surface area contributed by atoms with E-state index in [2.05, 4.69) is 15.8 Å². The summed E-state index contributed by atoms with van der Waals surface area (Å²) in [4.78, 5) is 25.4. The van der Waals surface area contributed by atoms with Gasteiger partial charge in [-0.05, 0) is 60.0 Å². The zero-order chi connectivity index (χ0) is 26.2. The summed E-state index contributed by atoms with van der Waals surface area (Å²) in [6.07, 6.45) is 2.17. The molecule has 4 aromatic carbocycles. The third-order valence-corrected chi connectivity index (χ3v) is 6.04. The topological polar surface area (TPSA) is 100 Å². The van der Waals surface area contributed by atoms with Crippen LogP contribution in [0.2, 0.25) is 5.02 Å². The second-order valence-electron chi connectivity index (χ2n) is 8.16. The van der Waals surface area contributed by atoms with Gasteiger partial charge in [0, 0.05) is 23.2 Å². The van der Waals surface area contributed by atoms with Gasteiger partial charge in [0.15, 0.2) is 0 Å². The molecule has 0 saturated carbocycles. The molecule has 7 nitrogen and oxygen atoms in total. The highest BCUT2D eigenvalue weighted by Crippen LogP contribution is 2.24. The van der Waals surface area contributed by atoms with E-state index >= 15 is 0 Å². The summed E-state index contributed by atoms with van der Waals surface area (Å²) < 4.78 is 5.66. The van der Waals surface area contributed by atoms with Gasteiger partial charge in [-0.3, -0.25) is 9.59 Å². The van der Waals surface area contributed by atoms with Crippen molar-refractivity contribution in [1.29, 1.82) is 0 Å². The van der Waals surface area contributed by atoms with E-state index in [-0.39, 0.29) is 22.2 Å². The van der Waals surface area contributed by atoms with Gasteiger partial charge in [0.2, 0.25) is 0 Å². The number of aromatic hydroxyl groups is 1. The Hall–Kier alpha value is -4.36. The normalized spacial score (nSPS) is 11.0. The number of hydrogen-bond acceptors (Lipinski definition) is 5. The molecule has 0 unspecified atom stereocenters. The van der Waals surface area contributed by atoms with E-state index in [1.165, 1.54) is 24.4 Å². The molecule has 0 radical (unpaired) electrons. The number of amides is 2. The largest absolute Gasteiger partial charge is 0.506 e. The number of rotatable bonds is 9. The number of phenolic OH excluding ortho intramolecular Hbond substituents is 1. The number of fused-ring (bicyclic) bond motifs is 1. The van der Waals surface area contributed by atoms with Crippen LogP contribution in [0.25, 0.3) is 10.8 Å². The molecule has 0 atom stereocenters. The van der Waals surface area contributed by atoms with E-state index in [9.17, 15) is 14.7 Å². The van der Waals surface area contributed by atoms with Gasteiger partial charge in [-0.2, -0.15) is 5.10 Å². The first-order valence-corrected chi connectivity index (χ1v) is 12.2. The summed E-state index contributed by atoms with van der Waals surface area (Å²) in [5.41, 5.74) is 5.05. The Balaban J connectivity index is 1.45. The second kappa shape index (κ2) is 12.1. The molecule has 0 aromatic heterocycles. The van der Waals surface area contributed by atoms with Crippen LogP contribution in [0, 0.1) is 0 Å². The standard InChI is InChI=1S/C29H26ClN3O4/c1-2-37-27-10-6-3-7-19(27)15-16-31-29(36)24-13-11-21(22-8-4-5-9-23(22)24)18-32-33-28(35)20-12-14-26(34)25(30)17-20/h3-14,17-18,34H,2,15-16H2,1H3,(H,31,36)(H,33,35)/b32-18+. The van der Waals surface area contributed by atoms with Gasteiger partial charge in [-0.25, -0.2) is 5.43 Å². The van der Waals surface area contributed by atoms with Crippen molar-refractivity contribution < 1.29 is 19.4 Å². The van der Waals surface area contributed by atoms with Crippen LogP contribution in [0.1, 0.15) is 38.8 Å². The lowest BCUT2D eigenvalue weighted by atomic mass is 9.99. The van der Waals surface area contributed by atoms with Crippen molar-refractivity contribution in [3.05, 3.63) is 106 Å². The molecule has 2 amide bonds. The van der Waals surface area contributed by atoms with Crippen molar-refractivity contribution in [2.24, 2.45) is 5.10 Å². The van der Waals surface area contributed by atoms with Crippen LogP contribution in [-0.2, 0) is 6.42 Å². The lowest BCUT2D eigenvalue weighted by Gasteiger charge is -2.12. The molecule has 0 heterocycles. The maximum atomic E-state index is 13.0. The molecule has 8 heteroatoms. The second-order valence-corrected chi connectivity index (χ2v) is 8.57. The average molecular weight is 516 g/mol. The number of nitrogens with one attached hydrogen (secondary N) is 2. The molecular weight excluding hydrogens is 490 g/mol. The Morgan fingerprint density at radius 3 is 2.51 bits per heavy atom. The summed E-state index contributed by atoms with van der Waals surface area (Å²) in [6, 6.07) is 23.0. The van der Waals surface area contributed by atoms with Gasteiger partial charge < -0.3 is 15.2 Å². The number of carbonyl (C=O) groups is 2. The number of para-hydroxylation sites is 1. The molecule has 37 heavy (non-hydrogen) atoms. The highest BCUT2D eigenvalue weighted by atomic mass is 35.5. The third-order valence-electron chi connectivity index (χ3n) is 5.73. The van der Waals surface area contributed by atoms with E-state index in [1.807, 2.05) is 55.5 Å². The van der Waals surface area contributed by atoms with E-state index < -0.39 is 5.91 Å². The molecule has 0 aliphatic carbocycles. The molecule has 0 aliphatic rings. The summed E-state index contributed by atoms with van der Waals surface area (Å²) in [6.45, 7) is 2.99. The fraction of sp³-hybridized carbons (Fsp3) is 0.138. The minimum absolute atomic E-state index is 0.0787. The van der Waals surface area contributed by atoms with Crippen LogP contribution >= 0.6 is 11.6 Å². The number of hydrogen-bond donors (Lipinski definition) is 3. The van der Waals surface area contributed by atoms with E-state index in [0.717, 1.165) is 27.6 Å². The fourth-order valence-electron chi connectivity index (χ4n) is 3.92. The quantitative estimate of drug-likeness (QED) is 0.207. The highest BCUT2D eigenvalue weighted by Gasteiger charge is 2.13. The molecule has 188 valence electrons. The molecule has 0 bridgehead atoms. The van der Waals surface area contributed by atoms with Gasteiger partial charge in [-0.1, -0.05) is 60.1 Å². The number of hydrazone groups is 1. The third kappa shape index (κ3) is 6.26. The lowest BCUT2D eigenvalue weighted by molar-refractivity contribution is 0.0947. The van der Waals surface area contributed by atoms with Crippen molar-refractivity contribution in [3.8, 4) is 11.5 Å². The number of halogens is 1. The van der Waals surface area contributed by atoms with Crippen LogP contribution in [-0.4, -0.2) is 36.3 Å². The number of benzene rings is 4. The number of carbonyl (C=O) groups excluding carboxylic acids is 2. The van der Waals surface area contributed by atoms with Crippen molar-refractivity contribution in [1.82, 2.24) is 10.7 Å². The predicted molar refractivity (Wildman–Crippen MR) is 146 cm³/mol. The summed E-state index contributed by atoms with van der Waals surface area (Å²) in [5, 5.41) is 18.2. The first-order chi connectivity index (χ1) is 18.0. The van der Waals surface area contributed by atoms with Crippen LogP contribution in [0.5, 0.6) is 11.5 Å². The molecule has 0 fully saturated rings. The fourth-order valence-corrected chi connectivity index (χ4v) is 4.10. The summed E-state index contributed by atoms with van der Waals surface area (Å²) >= 11 is 5.87. The SMILES string of the molecule is CCOc1ccccc1CCNC(=O)c1ccc(/C=N/NC(=O)c2ccc(O)c(Cl)c2)c2ccccc12. The summed E-state index contributed by atoms with van der Waals surface area (Å²) in [5.74, 6) is 0.0806. The Bertz CT molecular complexity index is 1470. The highest BCUT2D eigenvalue weighted by molar-refractivity contribution is 6.32. The molecule has 0 spiro atoms. The maximum Gasteiger partial charge on any atom is 0.271 e. The first kappa shape index (κ1) is 25.7. The Morgan fingerprint density at radius 1 is 0.973 bits per heavy atom. The van der Waals surface area contributed by atoms with E-state index in [0.29, 0.717) is 25.1 Å². The monoisotopic (exact) mass is 515 g/mol. The number of nitrogens with zero attached hydrogens (tertiary/aromatic N) is 1. The smallest absolute Gasteiger partial charge is 0.271 e. The average Bonchev–Trinajstić information content (AvgIpc) is 2.91. The predicted octanol–water partition coefficient (Wildman–Crippen LogP) is 5.33. The van der Waals surface area contributed by atoms with Gasteiger partial charge >= 0.3 is 0 Å². The Kier molecular flexibility index (Phi) is 8.38. The van der Waals surface area contributed by atoms with Gasteiger partial charge in [0.1, 0.15) is 11.5 Å². The van der Waals surface area contributed by atoms with Gasteiger partial charge in [-0.15, -0.1) is 0 Å². The van der Waals surface area contributed by atoms with Crippen LogP contribution in [0.3, 0.4) is 0 Å². The number of phenols is 1. The van der Waals surface area contributed by atoms with Crippen LogP contribution in [0.4, 0.5) is 0 Å². The minimum Gasteiger partial charge on any atom is -0.506 e. The van der Waals surface area contributed by atoms with Crippen molar-refractivity contribution in [3.63, 3.8) is 0 Å².